The van der Waals surface area contributed by atoms with Crippen molar-refractivity contribution < 1.29 is 14.5 Å². The summed E-state index contributed by atoms with van der Waals surface area (Å²) in [6.07, 6.45) is 0.390. The van der Waals surface area contributed by atoms with E-state index in [0.29, 0.717) is 11.6 Å². The Balaban J connectivity index is 1.95. The summed E-state index contributed by atoms with van der Waals surface area (Å²) in [5.41, 5.74) is 0.877. The Hall–Kier alpha value is -2.67. The molecule has 0 saturated heterocycles. The largest absolute Gasteiger partial charge is 0.473 e. The van der Waals surface area contributed by atoms with Crippen molar-refractivity contribution in [1.29, 1.82) is 0 Å². The molecular weight excluding hydrogens is 322 g/mol. The Kier molecular flexibility index (Phi) is 5.48. The van der Waals surface area contributed by atoms with E-state index in [4.69, 9.17) is 16.3 Å². The highest BCUT2D eigenvalue weighted by Gasteiger charge is 2.21. The minimum atomic E-state index is -0.898. The first-order chi connectivity index (χ1) is 11.0. The number of ether oxygens (including phenoxy) is 1. The predicted molar refractivity (Wildman–Crippen MR) is 84.3 cm³/mol. The number of amides is 1. The fraction of sp³-hybridized carbons (Fsp3) is 0.200. The molecule has 1 atom stereocenters. The zero-order chi connectivity index (χ0) is 16.8. The zero-order valence-electron chi connectivity index (χ0n) is 12.2. The molecule has 7 nitrogen and oxygen atoms in total. The number of nitrogens with one attached hydrogen (secondary N) is 1. The molecule has 23 heavy (non-hydrogen) atoms. The number of benzene rings is 1. The highest BCUT2D eigenvalue weighted by Crippen LogP contribution is 2.24. The van der Waals surface area contributed by atoms with Gasteiger partial charge >= 0.3 is 5.82 Å². The minimum Gasteiger partial charge on any atom is -0.473 e. The van der Waals surface area contributed by atoms with Crippen LogP contribution >= 0.6 is 11.6 Å². The van der Waals surface area contributed by atoms with Crippen molar-refractivity contribution in [3.05, 3.63) is 63.3 Å². The molecule has 1 heterocycles. The third-order valence-corrected chi connectivity index (χ3v) is 3.23. The third kappa shape index (κ3) is 4.65. The molecule has 0 aliphatic rings. The second-order valence-corrected chi connectivity index (χ2v) is 5.12. The zero-order valence-corrected chi connectivity index (χ0v) is 13.0. The molecule has 1 amide bonds. The van der Waals surface area contributed by atoms with Crippen LogP contribution in [0.15, 0.2) is 42.6 Å². The second-order valence-electron chi connectivity index (χ2n) is 4.69. The number of hydrogen-bond donors (Lipinski definition) is 1. The number of aromatic nitrogens is 1. The van der Waals surface area contributed by atoms with Crippen LogP contribution < -0.4 is 10.1 Å². The van der Waals surface area contributed by atoms with Gasteiger partial charge < -0.3 is 20.2 Å². The van der Waals surface area contributed by atoms with Crippen molar-refractivity contribution in [2.75, 3.05) is 0 Å². The maximum Gasteiger partial charge on any atom is 0.406 e. The van der Waals surface area contributed by atoms with Crippen molar-refractivity contribution in [1.82, 2.24) is 10.3 Å². The monoisotopic (exact) mass is 335 g/mol. The molecule has 2 rings (SSSR count). The van der Waals surface area contributed by atoms with Gasteiger partial charge in [0.25, 0.3) is 5.91 Å². The molecule has 0 radical (unpaired) electrons. The molecule has 8 heteroatoms. The summed E-state index contributed by atoms with van der Waals surface area (Å²) < 4.78 is 5.34. The van der Waals surface area contributed by atoms with Gasteiger partial charge in [-0.25, -0.2) is 0 Å². The van der Waals surface area contributed by atoms with E-state index in [1.165, 1.54) is 25.3 Å². The van der Waals surface area contributed by atoms with Crippen LogP contribution in [-0.4, -0.2) is 21.9 Å². The quantitative estimate of drug-likeness (QED) is 0.647. The van der Waals surface area contributed by atoms with Crippen LogP contribution in [0.2, 0.25) is 5.02 Å². The average Bonchev–Trinajstić information content (AvgIpc) is 2.54. The lowest BCUT2D eigenvalue weighted by molar-refractivity contribution is -0.390. The number of hydrogen-bond acceptors (Lipinski definition) is 5. The summed E-state index contributed by atoms with van der Waals surface area (Å²) >= 11 is 5.79. The summed E-state index contributed by atoms with van der Waals surface area (Å²) in [5.74, 6) is -0.866. The van der Waals surface area contributed by atoms with Gasteiger partial charge in [-0.05, 0) is 46.7 Å². The SMILES string of the molecule is CC(Oc1cccnc1[N+](=O)[O-])C(=O)NCc1ccc(Cl)cc1. The van der Waals surface area contributed by atoms with E-state index >= 15 is 0 Å². The second kappa shape index (κ2) is 7.55. The highest BCUT2D eigenvalue weighted by molar-refractivity contribution is 6.30. The van der Waals surface area contributed by atoms with E-state index in [1.807, 2.05) is 0 Å². The number of nitro groups is 1. The number of nitrogens with zero attached hydrogens (tertiary/aromatic N) is 2. The number of carbonyl (C=O) groups is 1. The van der Waals surface area contributed by atoms with E-state index < -0.39 is 22.8 Å². The molecule has 1 unspecified atom stereocenters. The van der Waals surface area contributed by atoms with Crippen LogP contribution in [0.4, 0.5) is 5.82 Å². The number of rotatable bonds is 6. The standard InChI is InChI=1S/C15H14ClN3O4/c1-10(23-13-3-2-8-17-14(13)19(21)22)15(20)18-9-11-4-6-12(16)7-5-11/h2-8,10H,9H2,1H3,(H,18,20). The summed E-state index contributed by atoms with van der Waals surface area (Å²) in [7, 11) is 0. The molecule has 0 spiro atoms. The maximum atomic E-state index is 12.0. The Bertz CT molecular complexity index is 706. The normalized spacial score (nSPS) is 11.6. The number of halogens is 1. The molecule has 2 aromatic rings. The molecule has 0 fully saturated rings. The van der Waals surface area contributed by atoms with Crippen LogP contribution in [0.5, 0.6) is 5.75 Å². The Morgan fingerprint density at radius 3 is 2.74 bits per heavy atom. The van der Waals surface area contributed by atoms with Crippen molar-refractivity contribution in [2.24, 2.45) is 0 Å². The summed E-state index contributed by atoms with van der Waals surface area (Å²) in [6.45, 7) is 1.81. The van der Waals surface area contributed by atoms with E-state index in [9.17, 15) is 14.9 Å². The van der Waals surface area contributed by atoms with Gasteiger partial charge in [0.1, 0.15) is 6.20 Å². The fourth-order valence-corrected chi connectivity index (χ4v) is 1.92. The van der Waals surface area contributed by atoms with Crippen molar-refractivity contribution >= 4 is 23.3 Å². The van der Waals surface area contributed by atoms with E-state index in [2.05, 4.69) is 10.3 Å². The third-order valence-electron chi connectivity index (χ3n) is 2.98. The van der Waals surface area contributed by atoms with E-state index in [1.54, 1.807) is 24.3 Å². The number of pyridine rings is 1. The summed E-state index contributed by atoms with van der Waals surface area (Å²) in [4.78, 5) is 25.8. The molecule has 0 aliphatic carbocycles. The average molecular weight is 336 g/mol. The van der Waals surface area contributed by atoms with Crippen LogP contribution in [0.3, 0.4) is 0 Å². The lowest BCUT2D eigenvalue weighted by atomic mass is 10.2. The van der Waals surface area contributed by atoms with Gasteiger partial charge in [-0.15, -0.1) is 0 Å². The molecule has 1 N–H and O–H groups in total. The highest BCUT2D eigenvalue weighted by atomic mass is 35.5. The van der Waals surface area contributed by atoms with Crippen molar-refractivity contribution in [2.45, 2.75) is 19.6 Å². The van der Waals surface area contributed by atoms with Gasteiger partial charge in [0.2, 0.25) is 5.75 Å². The van der Waals surface area contributed by atoms with E-state index in [0.717, 1.165) is 5.56 Å². The predicted octanol–water partition coefficient (Wildman–Crippen LogP) is 2.73. The summed E-state index contributed by atoms with van der Waals surface area (Å²) in [6, 6.07) is 9.93. The fourth-order valence-electron chi connectivity index (χ4n) is 1.79. The smallest absolute Gasteiger partial charge is 0.406 e. The Morgan fingerprint density at radius 2 is 2.09 bits per heavy atom. The lowest BCUT2D eigenvalue weighted by Crippen LogP contribution is -2.36. The molecular formula is C15H14ClN3O4. The van der Waals surface area contributed by atoms with Gasteiger partial charge in [0.15, 0.2) is 6.10 Å². The Labute approximate surface area is 137 Å². The Morgan fingerprint density at radius 1 is 1.39 bits per heavy atom. The molecule has 0 aliphatic heterocycles. The first-order valence-electron chi connectivity index (χ1n) is 6.75. The topological polar surface area (TPSA) is 94.4 Å². The summed E-state index contributed by atoms with van der Waals surface area (Å²) in [5, 5.41) is 14.2. The molecule has 120 valence electrons. The molecule has 1 aromatic heterocycles. The van der Waals surface area contributed by atoms with Gasteiger partial charge in [-0.3, -0.25) is 4.79 Å². The minimum absolute atomic E-state index is 0.0494. The van der Waals surface area contributed by atoms with Crippen molar-refractivity contribution in [3.8, 4) is 5.75 Å². The lowest BCUT2D eigenvalue weighted by Gasteiger charge is -2.14. The first kappa shape index (κ1) is 16.7. The van der Waals surface area contributed by atoms with Gasteiger partial charge in [0.05, 0.1) is 0 Å². The molecule has 1 aromatic carbocycles. The molecule has 0 saturated carbocycles. The van der Waals surface area contributed by atoms with Crippen LogP contribution in [0, 0.1) is 10.1 Å². The maximum absolute atomic E-state index is 12.0. The molecule has 0 bridgehead atoms. The van der Waals surface area contributed by atoms with Gasteiger partial charge in [0, 0.05) is 11.6 Å². The number of carbonyl (C=O) groups excluding carboxylic acids is 1. The van der Waals surface area contributed by atoms with Gasteiger partial charge in [-0.1, -0.05) is 23.7 Å². The first-order valence-corrected chi connectivity index (χ1v) is 7.13. The van der Waals surface area contributed by atoms with Gasteiger partial charge in [-0.2, -0.15) is 0 Å². The van der Waals surface area contributed by atoms with Crippen LogP contribution in [-0.2, 0) is 11.3 Å². The van der Waals surface area contributed by atoms with E-state index in [-0.39, 0.29) is 5.75 Å². The van der Waals surface area contributed by atoms with Crippen molar-refractivity contribution in [3.63, 3.8) is 0 Å². The van der Waals surface area contributed by atoms with Crippen LogP contribution in [0.25, 0.3) is 0 Å². The van der Waals surface area contributed by atoms with Crippen LogP contribution in [0.1, 0.15) is 12.5 Å².